The number of piperazine rings is 1. The summed E-state index contributed by atoms with van der Waals surface area (Å²) in [5.74, 6) is 1.12. The number of nitrogens with zero attached hydrogens (tertiary/aromatic N) is 5. The lowest BCUT2D eigenvalue weighted by Crippen LogP contribution is -2.43. The van der Waals surface area contributed by atoms with Crippen LogP contribution in [0.2, 0.25) is 0 Å². The molecule has 166 valence electrons. The van der Waals surface area contributed by atoms with E-state index in [1.807, 2.05) is 23.8 Å². The van der Waals surface area contributed by atoms with Gasteiger partial charge in [0.05, 0.1) is 11.9 Å². The fourth-order valence-corrected chi connectivity index (χ4v) is 4.84. The summed E-state index contributed by atoms with van der Waals surface area (Å²) in [6, 6.07) is 4.18. The Hall–Kier alpha value is -3.26. The molecule has 0 bridgehead atoms. The predicted octanol–water partition coefficient (Wildman–Crippen LogP) is 3.41. The Kier molecular flexibility index (Phi) is 5.61. The normalized spacial score (nSPS) is 17.1. The third kappa shape index (κ3) is 3.75. The zero-order chi connectivity index (χ0) is 22.1. The lowest BCUT2D eigenvalue weighted by Gasteiger charge is -2.29. The maximum atomic E-state index is 13.3. The summed E-state index contributed by atoms with van der Waals surface area (Å²) in [5.41, 5.74) is 3.29. The summed E-state index contributed by atoms with van der Waals surface area (Å²) in [6.07, 6.45) is 9.59. The lowest BCUT2D eigenvalue weighted by molar-refractivity contribution is 0.515. The fourth-order valence-electron chi connectivity index (χ4n) is 4.84. The molecule has 1 saturated carbocycles. The minimum absolute atomic E-state index is 0.0138. The van der Waals surface area contributed by atoms with Crippen molar-refractivity contribution in [1.29, 1.82) is 0 Å². The van der Waals surface area contributed by atoms with Crippen LogP contribution in [0.3, 0.4) is 0 Å². The first-order valence-electron chi connectivity index (χ1n) is 11.4. The fraction of sp³-hybridized carbons (Fsp3) is 0.417. The summed E-state index contributed by atoms with van der Waals surface area (Å²) in [5, 5.41) is 7.46. The van der Waals surface area contributed by atoms with Crippen molar-refractivity contribution in [3.05, 3.63) is 52.6 Å². The van der Waals surface area contributed by atoms with Gasteiger partial charge >= 0.3 is 0 Å². The van der Waals surface area contributed by atoms with E-state index in [9.17, 15) is 4.79 Å². The van der Waals surface area contributed by atoms with Crippen molar-refractivity contribution in [3.63, 3.8) is 0 Å². The van der Waals surface area contributed by atoms with Crippen LogP contribution in [0.25, 0.3) is 17.1 Å². The molecule has 8 heteroatoms. The molecule has 2 fully saturated rings. The van der Waals surface area contributed by atoms with E-state index in [1.54, 1.807) is 12.3 Å². The first-order chi connectivity index (χ1) is 15.7. The molecule has 2 N–H and O–H groups in total. The van der Waals surface area contributed by atoms with Crippen LogP contribution in [0.4, 0.5) is 17.5 Å². The second kappa shape index (κ2) is 8.70. The number of fused-ring (bicyclic) bond motifs is 1. The molecule has 3 aromatic rings. The number of hydrogen-bond donors (Lipinski definition) is 2. The molecule has 0 amide bonds. The first kappa shape index (κ1) is 20.6. The Labute approximate surface area is 187 Å². The van der Waals surface area contributed by atoms with Gasteiger partial charge in [-0.1, -0.05) is 25.5 Å². The highest BCUT2D eigenvalue weighted by Gasteiger charge is 2.23. The number of anilines is 3. The molecule has 0 aromatic carbocycles. The summed E-state index contributed by atoms with van der Waals surface area (Å²) >= 11 is 0. The van der Waals surface area contributed by atoms with Gasteiger partial charge in [0.25, 0.3) is 5.56 Å². The van der Waals surface area contributed by atoms with Gasteiger partial charge in [0.2, 0.25) is 5.95 Å². The van der Waals surface area contributed by atoms with Gasteiger partial charge in [-0.2, -0.15) is 4.98 Å². The van der Waals surface area contributed by atoms with Crippen molar-refractivity contribution < 1.29 is 0 Å². The number of pyridine rings is 2. The van der Waals surface area contributed by atoms with Crippen molar-refractivity contribution in [3.8, 4) is 0 Å². The summed E-state index contributed by atoms with van der Waals surface area (Å²) in [7, 11) is 0. The number of nitrogens with one attached hydrogen (secondary N) is 2. The molecular weight excluding hydrogens is 402 g/mol. The van der Waals surface area contributed by atoms with E-state index < -0.39 is 0 Å². The second-order valence-electron chi connectivity index (χ2n) is 8.55. The Bertz CT molecular complexity index is 1190. The highest BCUT2D eigenvalue weighted by molar-refractivity contribution is 5.83. The zero-order valence-corrected chi connectivity index (χ0v) is 18.5. The van der Waals surface area contributed by atoms with Crippen molar-refractivity contribution >= 4 is 34.6 Å². The molecule has 1 aliphatic heterocycles. The minimum Gasteiger partial charge on any atom is -0.368 e. The SMILES string of the molecule is C=Cc1c(C)c2cnc(Nc3ccc(N4CCNCC4)cn3)nc2n(C2CCCC2)c1=O. The molecule has 5 rings (SSSR count). The zero-order valence-electron chi connectivity index (χ0n) is 18.5. The molecule has 8 nitrogen and oxygen atoms in total. The van der Waals surface area contributed by atoms with Crippen LogP contribution in [0, 0.1) is 6.92 Å². The van der Waals surface area contributed by atoms with E-state index in [4.69, 9.17) is 4.98 Å². The smallest absolute Gasteiger partial charge is 0.259 e. The van der Waals surface area contributed by atoms with E-state index in [2.05, 4.69) is 38.1 Å². The molecule has 2 aliphatic rings. The Morgan fingerprint density at radius 1 is 1.16 bits per heavy atom. The number of hydrogen-bond acceptors (Lipinski definition) is 7. The van der Waals surface area contributed by atoms with Crippen LogP contribution >= 0.6 is 0 Å². The van der Waals surface area contributed by atoms with Gasteiger partial charge < -0.3 is 15.5 Å². The molecular formula is C24H29N7O. The highest BCUT2D eigenvalue weighted by atomic mass is 16.1. The molecule has 1 saturated heterocycles. The molecule has 0 radical (unpaired) electrons. The molecule has 1 aliphatic carbocycles. The van der Waals surface area contributed by atoms with Gasteiger partial charge in [-0.15, -0.1) is 0 Å². The summed E-state index contributed by atoms with van der Waals surface area (Å²) in [4.78, 5) is 29.4. The Morgan fingerprint density at radius 3 is 2.62 bits per heavy atom. The van der Waals surface area contributed by atoms with Gasteiger partial charge in [0, 0.05) is 49.4 Å². The van der Waals surface area contributed by atoms with Crippen molar-refractivity contribution in [2.24, 2.45) is 0 Å². The van der Waals surface area contributed by atoms with Crippen molar-refractivity contribution in [2.45, 2.75) is 38.6 Å². The van der Waals surface area contributed by atoms with Gasteiger partial charge in [0.1, 0.15) is 11.5 Å². The van der Waals surface area contributed by atoms with E-state index in [0.717, 1.165) is 68.5 Å². The average molecular weight is 432 g/mol. The highest BCUT2D eigenvalue weighted by Crippen LogP contribution is 2.32. The standard InChI is InChI=1S/C24H29N7O/c1-3-19-16(2)20-15-27-24(29-22(20)31(23(19)32)17-6-4-5-7-17)28-21-9-8-18(14-26-21)30-12-10-25-11-13-30/h3,8-9,14-15,17,25H,1,4-7,10-13H2,2H3,(H,26,27,28,29). The van der Waals surface area contributed by atoms with Crippen LogP contribution in [0.5, 0.6) is 0 Å². The van der Waals surface area contributed by atoms with Crippen LogP contribution in [-0.2, 0) is 0 Å². The summed E-state index contributed by atoms with van der Waals surface area (Å²) < 4.78 is 1.86. The third-order valence-corrected chi connectivity index (χ3v) is 6.62. The van der Waals surface area contributed by atoms with Gasteiger partial charge in [-0.05, 0) is 37.5 Å². The van der Waals surface area contributed by atoms with E-state index in [1.165, 1.54) is 0 Å². The van der Waals surface area contributed by atoms with Crippen LogP contribution < -0.4 is 21.1 Å². The van der Waals surface area contributed by atoms with E-state index in [0.29, 0.717) is 23.0 Å². The average Bonchev–Trinajstić information content (AvgIpc) is 3.35. The van der Waals surface area contributed by atoms with Gasteiger partial charge in [0.15, 0.2) is 0 Å². The summed E-state index contributed by atoms with van der Waals surface area (Å²) in [6.45, 7) is 9.73. The molecule has 0 spiro atoms. The Morgan fingerprint density at radius 2 is 1.94 bits per heavy atom. The predicted molar refractivity (Wildman–Crippen MR) is 129 cm³/mol. The van der Waals surface area contributed by atoms with Crippen molar-refractivity contribution in [1.82, 2.24) is 24.8 Å². The van der Waals surface area contributed by atoms with Crippen LogP contribution in [0.1, 0.15) is 42.9 Å². The van der Waals surface area contributed by atoms with Gasteiger partial charge in [-0.3, -0.25) is 9.36 Å². The first-order valence-corrected chi connectivity index (χ1v) is 11.4. The largest absolute Gasteiger partial charge is 0.368 e. The molecule has 32 heavy (non-hydrogen) atoms. The maximum absolute atomic E-state index is 13.3. The third-order valence-electron chi connectivity index (χ3n) is 6.62. The second-order valence-corrected chi connectivity index (χ2v) is 8.55. The van der Waals surface area contributed by atoms with E-state index in [-0.39, 0.29) is 11.6 Å². The lowest BCUT2D eigenvalue weighted by atomic mass is 10.1. The van der Waals surface area contributed by atoms with E-state index >= 15 is 0 Å². The maximum Gasteiger partial charge on any atom is 0.259 e. The topological polar surface area (TPSA) is 88.0 Å². The molecule has 3 aromatic heterocycles. The number of rotatable bonds is 5. The van der Waals surface area contributed by atoms with Gasteiger partial charge in [-0.25, -0.2) is 9.97 Å². The van der Waals surface area contributed by atoms with Crippen LogP contribution in [-0.4, -0.2) is 45.7 Å². The minimum atomic E-state index is -0.0138. The quantitative estimate of drug-likeness (QED) is 0.640. The van der Waals surface area contributed by atoms with Crippen molar-refractivity contribution in [2.75, 3.05) is 36.4 Å². The molecule has 0 unspecified atom stereocenters. The number of aromatic nitrogens is 4. The van der Waals surface area contributed by atoms with Crippen LogP contribution in [0.15, 0.2) is 35.9 Å². The Balaban J connectivity index is 1.49. The number of aryl methyl sites for hydroxylation is 1. The molecule has 4 heterocycles. The molecule has 0 atom stereocenters. The monoisotopic (exact) mass is 431 g/mol.